The Morgan fingerprint density at radius 1 is 1.32 bits per heavy atom. The number of alkyl halides is 1. The molecule has 0 saturated carbocycles. The van der Waals surface area contributed by atoms with Crippen LogP contribution in [-0.4, -0.2) is 41.8 Å². The molecule has 1 amide bonds. The van der Waals surface area contributed by atoms with Crippen molar-refractivity contribution < 1.29 is 17.9 Å². The molecular weight excluding hydrogens is 336 g/mol. The topological polar surface area (TPSA) is 75.7 Å². The maximum absolute atomic E-state index is 12.2. The summed E-state index contributed by atoms with van der Waals surface area (Å²) in [5.74, 6) is 0. The summed E-state index contributed by atoms with van der Waals surface area (Å²) in [5.41, 5.74) is 0. The molecule has 0 aromatic carbocycles. The summed E-state index contributed by atoms with van der Waals surface area (Å²) < 4.78 is 32.8. The number of ether oxygens (including phenoxy) is 1. The second kappa shape index (κ2) is 5.57. The van der Waals surface area contributed by atoms with Gasteiger partial charge in [0.15, 0.2) is 0 Å². The summed E-state index contributed by atoms with van der Waals surface area (Å²) in [5, 5.41) is 0. The van der Waals surface area contributed by atoms with Gasteiger partial charge < -0.3 is 4.74 Å². The van der Waals surface area contributed by atoms with E-state index in [1.165, 1.54) is 4.31 Å². The minimum atomic E-state index is -3.80. The van der Waals surface area contributed by atoms with Crippen molar-refractivity contribution in [3.63, 3.8) is 0 Å². The van der Waals surface area contributed by atoms with Gasteiger partial charge in [-0.3, -0.25) is 0 Å². The molecule has 0 aliphatic carbocycles. The number of piperidine rings is 1. The standard InChI is InChI=1S/C11H19BrN2O4S/c1-7(2)18-11(15)13-19(16,17)14-9-3-4-10(14)6-8(12)5-9/h7-10H,3-6H2,1-2H3,(H,13,15). The summed E-state index contributed by atoms with van der Waals surface area (Å²) in [4.78, 5) is 11.8. The van der Waals surface area contributed by atoms with E-state index in [0.717, 1.165) is 25.7 Å². The molecule has 19 heavy (non-hydrogen) atoms. The molecule has 2 atom stereocenters. The fourth-order valence-electron chi connectivity index (χ4n) is 2.86. The fourth-order valence-corrected chi connectivity index (χ4v) is 5.25. The number of rotatable bonds is 3. The van der Waals surface area contributed by atoms with Gasteiger partial charge in [0.1, 0.15) is 0 Å². The van der Waals surface area contributed by atoms with Gasteiger partial charge >= 0.3 is 16.3 Å². The van der Waals surface area contributed by atoms with Gasteiger partial charge in [0.2, 0.25) is 0 Å². The van der Waals surface area contributed by atoms with E-state index < -0.39 is 16.3 Å². The molecular formula is C11H19BrN2O4S. The van der Waals surface area contributed by atoms with Gasteiger partial charge in [0, 0.05) is 16.9 Å². The second-order valence-corrected chi connectivity index (χ2v) is 8.22. The molecule has 2 bridgehead atoms. The molecule has 110 valence electrons. The SMILES string of the molecule is CC(C)OC(=O)NS(=O)(=O)N1C2CCC1CC(Br)C2. The van der Waals surface area contributed by atoms with Crippen molar-refractivity contribution in [1.82, 2.24) is 9.03 Å². The normalized spacial score (nSPS) is 31.5. The van der Waals surface area contributed by atoms with Crippen LogP contribution in [0.5, 0.6) is 0 Å². The maximum Gasteiger partial charge on any atom is 0.422 e. The monoisotopic (exact) mass is 354 g/mol. The highest BCUT2D eigenvalue weighted by Crippen LogP contribution is 2.39. The van der Waals surface area contributed by atoms with Crippen LogP contribution in [0.4, 0.5) is 4.79 Å². The highest BCUT2D eigenvalue weighted by atomic mass is 79.9. The first-order valence-corrected chi connectivity index (χ1v) is 8.81. The van der Waals surface area contributed by atoms with Crippen molar-refractivity contribution >= 4 is 32.2 Å². The molecule has 0 radical (unpaired) electrons. The Balaban J connectivity index is 2.06. The smallest absolute Gasteiger partial charge is 0.422 e. The van der Waals surface area contributed by atoms with Crippen LogP contribution in [0.1, 0.15) is 39.5 Å². The van der Waals surface area contributed by atoms with Crippen LogP contribution < -0.4 is 4.72 Å². The zero-order valence-electron chi connectivity index (χ0n) is 11.0. The number of fused-ring (bicyclic) bond motifs is 2. The summed E-state index contributed by atoms with van der Waals surface area (Å²) in [6.07, 6.45) is 2.03. The van der Waals surface area contributed by atoms with Gasteiger partial charge in [-0.1, -0.05) is 15.9 Å². The predicted octanol–water partition coefficient (Wildman–Crippen LogP) is 1.76. The van der Waals surface area contributed by atoms with E-state index in [1.54, 1.807) is 13.8 Å². The van der Waals surface area contributed by atoms with Gasteiger partial charge in [-0.05, 0) is 39.5 Å². The Labute approximate surface area is 122 Å². The molecule has 0 spiro atoms. The van der Waals surface area contributed by atoms with Gasteiger partial charge in [-0.15, -0.1) is 0 Å². The van der Waals surface area contributed by atoms with E-state index in [1.807, 2.05) is 4.72 Å². The van der Waals surface area contributed by atoms with Crippen LogP contribution in [-0.2, 0) is 14.9 Å². The molecule has 2 aliphatic heterocycles. The number of carbonyl (C=O) groups excluding carboxylic acids is 1. The molecule has 2 rings (SSSR count). The third-order valence-electron chi connectivity index (χ3n) is 3.44. The lowest BCUT2D eigenvalue weighted by atomic mass is 10.1. The van der Waals surface area contributed by atoms with E-state index in [4.69, 9.17) is 4.74 Å². The van der Waals surface area contributed by atoms with E-state index in [2.05, 4.69) is 15.9 Å². The molecule has 2 heterocycles. The first-order valence-electron chi connectivity index (χ1n) is 6.45. The van der Waals surface area contributed by atoms with E-state index >= 15 is 0 Å². The van der Waals surface area contributed by atoms with Crippen LogP contribution in [0, 0.1) is 0 Å². The van der Waals surface area contributed by atoms with Gasteiger partial charge in [-0.25, -0.2) is 9.52 Å². The number of halogens is 1. The maximum atomic E-state index is 12.2. The van der Waals surface area contributed by atoms with Crippen molar-refractivity contribution in [1.29, 1.82) is 0 Å². The molecule has 1 N–H and O–H groups in total. The first kappa shape index (κ1) is 15.1. The van der Waals surface area contributed by atoms with Gasteiger partial charge in [-0.2, -0.15) is 12.7 Å². The van der Waals surface area contributed by atoms with Crippen molar-refractivity contribution in [2.75, 3.05) is 0 Å². The average molecular weight is 355 g/mol. The lowest BCUT2D eigenvalue weighted by molar-refractivity contribution is 0.120. The first-order chi connectivity index (χ1) is 8.79. The largest absolute Gasteiger partial charge is 0.446 e. The van der Waals surface area contributed by atoms with Crippen molar-refractivity contribution in [3.8, 4) is 0 Å². The summed E-state index contributed by atoms with van der Waals surface area (Å²) in [6.45, 7) is 3.35. The zero-order chi connectivity index (χ0) is 14.2. The number of hydrogen-bond donors (Lipinski definition) is 1. The average Bonchev–Trinajstić information content (AvgIpc) is 2.50. The van der Waals surface area contributed by atoms with Gasteiger partial charge in [0.25, 0.3) is 0 Å². The highest BCUT2D eigenvalue weighted by molar-refractivity contribution is 9.09. The second-order valence-electron chi connectivity index (χ2n) is 5.34. The third-order valence-corrected chi connectivity index (χ3v) is 5.76. The minimum Gasteiger partial charge on any atom is -0.446 e. The Morgan fingerprint density at radius 3 is 2.32 bits per heavy atom. The quantitative estimate of drug-likeness (QED) is 0.783. The minimum absolute atomic E-state index is 0.0209. The molecule has 2 aliphatic rings. The van der Waals surface area contributed by atoms with Crippen LogP contribution in [0.2, 0.25) is 0 Å². The van der Waals surface area contributed by atoms with Crippen LogP contribution in [0.25, 0.3) is 0 Å². The lowest BCUT2D eigenvalue weighted by Crippen LogP contribution is -2.52. The number of hydrogen-bond acceptors (Lipinski definition) is 4. The highest BCUT2D eigenvalue weighted by Gasteiger charge is 2.46. The molecule has 6 nitrogen and oxygen atoms in total. The predicted molar refractivity (Wildman–Crippen MR) is 74.3 cm³/mol. The van der Waals surface area contributed by atoms with Crippen molar-refractivity contribution in [2.45, 2.75) is 62.5 Å². The fraction of sp³-hybridized carbons (Fsp3) is 0.909. The van der Waals surface area contributed by atoms with E-state index in [0.29, 0.717) is 4.83 Å². The number of nitrogens with zero attached hydrogens (tertiary/aromatic N) is 1. The molecule has 0 aromatic heterocycles. The third kappa shape index (κ3) is 3.41. The number of carbonyl (C=O) groups is 1. The number of nitrogens with one attached hydrogen (secondary N) is 1. The summed E-state index contributed by atoms with van der Waals surface area (Å²) >= 11 is 3.55. The molecule has 2 unspecified atom stereocenters. The molecule has 2 saturated heterocycles. The van der Waals surface area contributed by atoms with E-state index in [-0.39, 0.29) is 18.2 Å². The summed E-state index contributed by atoms with van der Waals surface area (Å²) in [6, 6.07) is -0.0417. The Hall–Kier alpha value is -0.340. The number of amides is 1. The molecule has 8 heteroatoms. The lowest BCUT2D eigenvalue weighted by Gasteiger charge is -2.35. The van der Waals surface area contributed by atoms with Crippen LogP contribution in [0.3, 0.4) is 0 Å². The van der Waals surface area contributed by atoms with E-state index in [9.17, 15) is 13.2 Å². The van der Waals surface area contributed by atoms with Crippen molar-refractivity contribution in [2.24, 2.45) is 0 Å². The Morgan fingerprint density at radius 2 is 1.84 bits per heavy atom. The zero-order valence-corrected chi connectivity index (χ0v) is 13.4. The molecule has 0 aromatic rings. The van der Waals surface area contributed by atoms with Gasteiger partial charge in [0.05, 0.1) is 6.10 Å². The van der Waals surface area contributed by atoms with Crippen molar-refractivity contribution in [3.05, 3.63) is 0 Å². The Bertz CT molecular complexity index is 440. The summed E-state index contributed by atoms with van der Waals surface area (Å²) in [7, 11) is -3.80. The van der Waals surface area contributed by atoms with Crippen LogP contribution in [0.15, 0.2) is 0 Å². The van der Waals surface area contributed by atoms with Crippen LogP contribution >= 0.6 is 15.9 Å². The molecule has 2 fully saturated rings. The Kier molecular flexibility index (Phi) is 4.42.